The van der Waals surface area contributed by atoms with Crippen LogP contribution in [0.25, 0.3) is 11.1 Å². The molecule has 0 saturated heterocycles. The van der Waals surface area contributed by atoms with Crippen molar-refractivity contribution in [1.29, 1.82) is 0 Å². The maximum Gasteiger partial charge on any atom is 0.126 e. The van der Waals surface area contributed by atoms with Crippen LogP contribution < -0.4 is 24.3 Å². The fourth-order valence-corrected chi connectivity index (χ4v) is 8.58. The van der Waals surface area contributed by atoms with Crippen molar-refractivity contribution in [2.24, 2.45) is 0 Å². The van der Waals surface area contributed by atoms with Crippen LogP contribution in [0.4, 0.5) is 5.69 Å². The third-order valence-corrected chi connectivity index (χ3v) is 10.7. The van der Waals surface area contributed by atoms with Crippen molar-refractivity contribution in [2.75, 3.05) is 31.7 Å². The zero-order chi connectivity index (χ0) is 40.5. The summed E-state index contributed by atoms with van der Waals surface area (Å²) in [5.41, 5.74) is 15.1. The molecule has 5 aromatic rings. The molecular formula is C51H62BrNO4. The predicted octanol–water partition coefficient (Wildman–Crippen LogP) is 13.4. The Morgan fingerprint density at radius 1 is 0.491 bits per heavy atom. The van der Waals surface area contributed by atoms with Gasteiger partial charge in [0.05, 0.1) is 26.4 Å². The first-order valence-electron chi connectivity index (χ1n) is 21.2. The van der Waals surface area contributed by atoms with E-state index in [0.29, 0.717) is 52.1 Å². The standard InChI is InChI=1S/C51H62BrNO4/c1-9-16-54-48-36-14-13-15-37(48)24-44-31-47(53-33(5)6)32-45(51(44)57-19-12-4)28-43-30-46(52)29-42(50(43)56-18-11-3)27-41-26-39(38-21-34(7)20-35(8)22-38)25-40(23-36)49(41)55-17-10-2/h13-15,20-22,25-26,29-33,53H,9-12,16-19,23-24,27-28H2,1-8H3. The van der Waals surface area contributed by atoms with Crippen molar-refractivity contribution in [1.82, 2.24) is 0 Å². The van der Waals surface area contributed by atoms with E-state index < -0.39 is 0 Å². The van der Waals surface area contributed by atoms with Crippen molar-refractivity contribution in [2.45, 2.75) is 113 Å². The Kier molecular flexibility index (Phi) is 14.7. The number of benzene rings is 5. The van der Waals surface area contributed by atoms with Crippen LogP contribution in [-0.4, -0.2) is 32.5 Å². The summed E-state index contributed by atoms with van der Waals surface area (Å²) >= 11 is 3.95. The van der Waals surface area contributed by atoms with Gasteiger partial charge in [0.2, 0.25) is 0 Å². The van der Waals surface area contributed by atoms with Crippen molar-refractivity contribution in [3.8, 4) is 34.1 Å². The highest BCUT2D eigenvalue weighted by Crippen LogP contribution is 2.42. The topological polar surface area (TPSA) is 49.0 Å². The van der Waals surface area contributed by atoms with E-state index in [9.17, 15) is 0 Å². The highest BCUT2D eigenvalue weighted by molar-refractivity contribution is 9.10. The molecule has 0 saturated carbocycles. The lowest BCUT2D eigenvalue weighted by Crippen LogP contribution is -2.13. The van der Waals surface area contributed by atoms with Crippen LogP contribution in [-0.2, 0) is 25.7 Å². The summed E-state index contributed by atoms with van der Waals surface area (Å²) in [5, 5.41) is 3.72. The van der Waals surface area contributed by atoms with Crippen LogP contribution >= 0.6 is 15.9 Å². The molecule has 6 rings (SSSR count). The van der Waals surface area contributed by atoms with Crippen molar-refractivity contribution >= 4 is 21.6 Å². The first-order chi connectivity index (χ1) is 27.6. The van der Waals surface area contributed by atoms with Crippen LogP contribution in [0.5, 0.6) is 23.0 Å². The highest BCUT2D eigenvalue weighted by atomic mass is 79.9. The first-order valence-corrected chi connectivity index (χ1v) is 22.0. The Morgan fingerprint density at radius 2 is 0.842 bits per heavy atom. The van der Waals surface area contributed by atoms with Crippen LogP contribution in [0.15, 0.2) is 77.3 Å². The molecule has 0 fully saturated rings. The molecule has 0 amide bonds. The van der Waals surface area contributed by atoms with Gasteiger partial charge >= 0.3 is 0 Å². The number of aryl methyl sites for hydroxylation is 2. The summed E-state index contributed by atoms with van der Waals surface area (Å²) in [4.78, 5) is 0. The molecule has 0 heterocycles. The van der Waals surface area contributed by atoms with Crippen molar-refractivity contribution in [3.63, 3.8) is 0 Å². The van der Waals surface area contributed by atoms with Gasteiger partial charge in [-0.05, 0) is 123 Å². The van der Waals surface area contributed by atoms with E-state index in [1.807, 2.05) is 0 Å². The average Bonchev–Trinajstić information content (AvgIpc) is 3.15. The number of para-hydroxylation sites is 1. The Labute approximate surface area is 350 Å². The van der Waals surface area contributed by atoms with E-state index in [-0.39, 0.29) is 6.04 Å². The fraction of sp³-hybridized carbons (Fsp3) is 0.412. The predicted molar refractivity (Wildman–Crippen MR) is 242 cm³/mol. The minimum atomic E-state index is 0.269. The molecule has 8 bridgehead atoms. The molecule has 0 aliphatic heterocycles. The smallest absolute Gasteiger partial charge is 0.126 e. The van der Waals surface area contributed by atoms with Crippen molar-refractivity contribution in [3.05, 3.63) is 133 Å². The minimum Gasteiger partial charge on any atom is -0.493 e. The van der Waals surface area contributed by atoms with E-state index in [1.165, 1.54) is 22.3 Å². The van der Waals surface area contributed by atoms with Gasteiger partial charge < -0.3 is 24.3 Å². The van der Waals surface area contributed by atoms with Crippen molar-refractivity contribution < 1.29 is 18.9 Å². The van der Waals surface area contributed by atoms with Gasteiger partial charge in [0.15, 0.2) is 0 Å². The van der Waals surface area contributed by atoms with Crippen LogP contribution in [0.1, 0.15) is 123 Å². The molecule has 5 nitrogen and oxygen atoms in total. The van der Waals surface area contributed by atoms with E-state index in [4.69, 9.17) is 18.9 Å². The molecule has 0 radical (unpaired) electrons. The number of hydrogen-bond donors (Lipinski definition) is 1. The quantitative estimate of drug-likeness (QED) is 0.112. The molecule has 1 aliphatic carbocycles. The number of anilines is 1. The van der Waals surface area contributed by atoms with Crippen LogP contribution in [0, 0.1) is 13.8 Å². The summed E-state index contributed by atoms with van der Waals surface area (Å²) < 4.78 is 28.2. The SMILES string of the molecule is CCCOc1c2cccc1Cc1cc(-c3cc(C)cc(C)c3)cc(c1OCCC)Cc1cc(Br)cc(c1OCCC)Cc1cc(NC(C)C)cc(c1OCCC)C2. The number of ether oxygens (including phenoxy) is 4. The number of halogens is 1. The second-order valence-corrected chi connectivity index (χ2v) is 16.9. The number of rotatable bonds is 15. The zero-order valence-corrected chi connectivity index (χ0v) is 37.1. The van der Waals surface area contributed by atoms with Gasteiger partial charge in [0.1, 0.15) is 23.0 Å². The van der Waals surface area contributed by atoms with E-state index in [0.717, 1.165) is 103 Å². The number of nitrogens with one attached hydrogen (secondary N) is 1. The normalized spacial score (nSPS) is 12.4. The molecule has 0 atom stereocenters. The molecular weight excluding hydrogens is 770 g/mol. The maximum absolute atomic E-state index is 6.83. The van der Waals surface area contributed by atoms with Gasteiger partial charge in [-0.25, -0.2) is 0 Å². The zero-order valence-electron chi connectivity index (χ0n) is 35.5. The largest absolute Gasteiger partial charge is 0.493 e. The van der Waals surface area contributed by atoms with Crippen LogP contribution in [0.3, 0.4) is 0 Å². The Bertz CT molecular complexity index is 2130. The van der Waals surface area contributed by atoms with Gasteiger partial charge in [-0.1, -0.05) is 91.1 Å². The third-order valence-electron chi connectivity index (χ3n) is 10.2. The lowest BCUT2D eigenvalue weighted by atomic mass is 9.88. The number of fused-ring (bicyclic) bond motifs is 8. The molecule has 6 heteroatoms. The summed E-state index contributed by atoms with van der Waals surface area (Å²) in [6, 6.07) is 27.5. The summed E-state index contributed by atoms with van der Waals surface area (Å²) in [6.45, 7) is 20.0. The second kappa shape index (κ2) is 19.8. The molecule has 1 N–H and O–H groups in total. The first kappa shape index (κ1) is 42.2. The Hall–Kier alpha value is -4.42. The molecule has 0 unspecified atom stereocenters. The monoisotopic (exact) mass is 831 g/mol. The second-order valence-electron chi connectivity index (χ2n) is 16.0. The Balaban J connectivity index is 1.69. The molecule has 5 aromatic carbocycles. The molecule has 0 spiro atoms. The van der Waals surface area contributed by atoms with Gasteiger partial charge in [0, 0.05) is 64.1 Å². The lowest BCUT2D eigenvalue weighted by Gasteiger charge is -2.24. The fourth-order valence-electron chi connectivity index (χ4n) is 8.03. The molecule has 0 aromatic heterocycles. The number of hydrogen-bond acceptors (Lipinski definition) is 5. The minimum absolute atomic E-state index is 0.269. The van der Waals surface area contributed by atoms with Gasteiger partial charge in [-0.15, -0.1) is 0 Å². The maximum atomic E-state index is 6.83. The summed E-state index contributed by atoms with van der Waals surface area (Å²) in [6.07, 6.45) is 6.30. The average molecular weight is 833 g/mol. The van der Waals surface area contributed by atoms with Gasteiger partial charge in [0.25, 0.3) is 0 Å². The third kappa shape index (κ3) is 10.6. The summed E-state index contributed by atoms with van der Waals surface area (Å²) in [7, 11) is 0. The van der Waals surface area contributed by atoms with E-state index in [2.05, 4.69) is 149 Å². The van der Waals surface area contributed by atoms with E-state index in [1.54, 1.807) is 0 Å². The van der Waals surface area contributed by atoms with Gasteiger partial charge in [-0.3, -0.25) is 0 Å². The lowest BCUT2D eigenvalue weighted by molar-refractivity contribution is 0.304. The van der Waals surface area contributed by atoms with Gasteiger partial charge in [-0.2, -0.15) is 0 Å². The van der Waals surface area contributed by atoms with E-state index >= 15 is 0 Å². The summed E-state index contributed by atoms with van der Waals surface area (Å²) in [5.74, 6) is 3.81. The highest BCUT2D eigenvalue weighted by Gasteiger charge is 2.24. The molecule has 57 heavy (non-hydrogen) atoms. The molecule has 1 aliphatic rings. The van der Waals surface area contributed by atoms with Crippen LogP contribution in [0.2, 0.25) is 0 Å². The Morgan fingerprint density at radius 3 is 1.25 bits per heavy atom. The molecule has 302 valence electrons.